The molecule has 0 saturated carbocycles. The largest absolute Gasteiger partial charge is 0.337 e. The van der Waals surface area contributed by atoms with Crippen LogP contribution in [-0.4, -0.2) is 43.4 Å². The van der Waals surface area contributed by atoms with Crippen molar-refractivity contribution in [3.63, 3.8) is 0 Å². The lowest BCUT2D eigenvalue weighted by atomic mass is 9.97. The van der Waals surface area contributed by atoms with E-state index in [0.717, 1.165) is 49.2 Å². The highest BCUT2D eigenvalue weighted by Gasteiger charge is 2.25. The van der Waals surface area contributed by atoms with Crippen LogP contribution >= 0.6 is 0 Å². The van der Waals surface area contributed by atoms with Gasteiger partial charge in [-0.05, 0) is 37.8 Å². The number of imidazole rings is 1. The molecule has 6 nitrogen and oxygen atoms in total. The molecular weight excluding hydrogens is 314 g/mol. The van der Waals surface area contributed by atoms with Gasteiger partial charge in [-0.1, -0.05) is 12.1 Å². The number of carbonyl (C=O) groups is 1. The summed E-state index contributed by atoms with van der Waals surface area (Å²) in [7, 11) is 0. The predicted molar refractivity (Wildman–Crippen MR) is 95.1 cm³/mol. The molecule has 0 radical (unpaired) electrons. The molecule has 1 amide bonds. The van der Waals surface area contributed by atoms with E-state index in [9.17, 15) is 4.79 Å². The summed E-state index contributed by atoms with van der Waals surface area (Å²) in [4.78, 5) is 27.5. The molecule has 1 aromatic carbocycles. The third kappa shape index (κ3) is 3.24. The molecular formula is C19H21N5O. The highest BCUT2D eigenvalue weighted by molar-refractivity contribution is 5.92. The van der Waals surface area contributed by atoms with E-state index in [1.807, 2.05) is 36.4 Å². The molecule has 1 unspecified atom stereocenters. The molecule has 0 N–H and O–H groups in total. The zero-order chi connectivity index (χ0) is 17.2. The number of aryl methyl sites for hydroxylation is 1. The molecule has 3 heterocycles. The molecule has 3 aromatic rings. The van der Waals surface area contributed by atoms with Gasteiger partial charge in [-0.3, -0.25) is 9.78 Å². The molecule has 1 aliphatic rings. The van der Waals surface area contributed by atoms with Crippen LogP contribution < -0.4 is 0 Å². The number of amides is 1. The van der Waals surface area contributed by atoms with Crippen LogP contribution in [0, 0.1) is 12.8 Å². The van der Waals surface area contributed by atoms with E-state index in [4.69, 9.17) is 0 Å². The third-order valence-electron chi connectivity index (χ3n) is 4.79. The Morgan fingerprint density at radius 3 is 2.92 bits per heavy atom. The fourth-order valence-electron chi connectivity index (χ4n) is 3.50. The number of hydrogen-bond donors (Lipinski definition) is 0. The first-order valence-electron chi connectivity index (χ1n) is 8.68. The number of nitrogens with zero attached hydrogens (tertiary/aromatic N) is 5. The van der Waals surface area contributed by atoms with Gasteiger partial charge in [0.25, 0.3) is 5.91 Å². The smallest absolute Gasteiger partial charge is 0.274 e. The molecule has 1 fully saturated rings. The molecule has 1 atom stereocenters. The fourth-order valence-corrected chi connectivity index (χ4v) is 3.50. The molecule has 0 spiro atoms. The van der Waals surface area contributed by atoms with E-state index in [0.29, 0.717) is 11.6 Å². The normalized spacial score (nSPS) is 17.8. The first-order chi connectivity index (χ1) is 12.2. The predicted octanol–water partition coefficient (Wildman–Crippen LogP) is 2.69. The molecule has 4 rings (SSSR count). The van der Waals surface area contributed by atoms with Crippen molar-refractivity contribution in [2.45, 2.75) is 26.3 Å². The first kappa shape index (κ1) is 15.7. The van der Waals surface area contributed by atoms with Crippen molar-refractivity contribution in [1.82, 2.24) is 24.4 Å². The van der Waals surface area contributed by atoms with Crippen molar-refractivity contribution >= 4 is 16.9 Å². The Bertz CT molecular complexity index is 886. The zero-order valence-electron chi connectivity index (χ0n) is 14.3. The lowest BCUT2D eigenvalue weighted by molar-refractivity contribution is 0.0656. The van der Waals surface area contributed by atoms with Gasteiger partial charge in [-0.15, -0.1) is 0 Å². The Morgan fingerprint density at radius 1 is 1.20 bits per heavy atom. The minimum atomic E-state index is -0.0207. The van der Waals surface area contributed by atoms with E-state index in [1.54, 1.807) is 12.4 Å². The minimum absolute atomic E-state index is 0.0207. The number of benzene rings is 1. The highest BCUT2D eigenvalue weighted by Crippen LogP contribution is 2.22. The van der Waals surface area contributed by atoms with E-state index < -0.39 is 0 Å². The molecule has 1 saturated heterocycles. The fraction of sp³-hybridized carbons (Fsp3) is 0.368. The van der Waals surface area contributed by atoms with Crippen molar-refractivity contribution in [3.05, 3.63) is 54.4 Å². The highest BCUT2D eigenvalue weighted by atomic mass is 16.2. The summed E-state index contributed by atoms with van der Waals surface area (Å²) in [5.74, 6) is 0.404. The number of piperidine rings is 1. The number of para-hydroxylation sites is 2. The molecule has 25 heavy (non-hydrogen) atoms. The Morgan fingerprint density at radius 2 is 2.08 bits per heavy atom. The van der Waals surface area contributed by atoms with Gasteiger partial charge in [0.2, 0.25) is 0 Å². The summed E-state index contributed by atoms with van der Waals surface area (Å²) in [6.45, 7) is 4.29. The molecule has 2 aromatic heterocycles. The van der Waals surface area contributed by atoms with Crippen molar-refractivity contribution in [2.24, 2.45) is 5.92 Å². The van der Waals surface area contributed by atoms with Crippen LogP contribution in [0.25, 0.3) is 11.0 Å². The zero-order valence-corrected chi connectivity index (χ0v) is 14.3. The summed E-state index contributed by atoms with van der Waals surface area (Å²) in [6.07, 6.45) is 7.26. The van der Waals surface area contributed by atoms with Crippen molar-refractivity contribution < 1.29 is 4.79 Å². The van der Waals surface area contributed by atoms with E-state index in [1.165, 1.54) is 0 Å². The van der Waals surface area contributed by atoms with Crippen LogP contribution in [0.15, 0.2) is 43.0 Å². The van der Waals surface area contributed by atoms with Gasteiger partial charge in [0, 0.05) is 25.8 Å². The van der Waals surface area contributed by atoms with Gasteiger partial charge in [0.15, 0.2) is 0 Å². The average molecular weight is 335 g/mol. The summed E-state index contributed by atoms with van der Waals surface area (Å²) < 4.78 is 2.19. The second kappa shape index (κ2) is 6.63. The maximum Gasteiger partial charge on any atom is 0.274 e. The number of aromatic nitrogens is 4. The number of fused-ring (bicyclic) bond motifs is 1. The second-order valence-corrected chi connectivity index (χ2v) is 6.69. The maximum atomic E-state index is 12.7. The summed E-state index contributed by atoms with van der Waals surface area (Å²) in [5, 5.41) is 0. The average Bonchev–Trinajstić information content (AvgIpc) is 3.05. The maximum absolute atomic E-state index is 12.7. The summed E-state index contributed by atoms with van der Waals surface area (Å²) in [6, 6.07) is 8.16. The van der Waals surface area contributed by atoms with Crippen LogP contribution in [0.2, 0.25) is 0 Å². The van der Waals surface area contributed by atoms with E-state index in [2.05, 4.69) is 25.6 Å². The lowest BCUT2D eigenvalue weighted by Gasteiger charge is -2.32. The van der Waals surface area contributed by atoms with Crippen LogP contribution in [0.3, 0.4) is 0 Å². The number of hydrogen-bond acceptors (Lipinski definition) is 4. The first-order valence-corrected chi connectivity index (χ1v) is 8.68. The Hall–Kier alpha value is -2.76. The number of carbonyl (C=O) groups excluding carboxylic acids is 1. The van der Waals surface area contributed by atoms with Gasteiger partial charge in [-0.25, -0.2) is 9.97 Å². The van der Waals surface area contributed by atoms with Crippen LogP contribution in [0.5, 0.6) is 0 Å². The number of likely N-dealkylation sites (tertiary alicyclic amines) is 1. The summed E-state index contributed by atoms with van der Waals surface area (Å²) >= 11 is 0. The van der Waals surface area contributed by atoms with E-state index in [-0.39, 0.29) is 5.91 Å². The molecule has 128 valence electrons. The second-order valence-electron chi connectivity index (χ2n) is 6.69. The SMILES string of the molecule is Cc1cnc(C(=O)N2CCCC(Cn3cnc4ccccc43)C2)cn1. The van der Waals surface area contributed by atoms with Crippen LogP contribution in [0.4, 0.5) is 0 Å². The van der Waals surface area contributed by atoms with Crippen molar-refractivity contribution in [2.75, 3.05) is 13.1 Å². The van der Waals surface area contributed by atoms with Crippen molar-refractivity contribution in [3.8, 4) is 0 Å². The van der Waals surface area contributed by atoms with Gasteiger partial charge in [-0.2, -0.15) is 0 Å². The lowest BCUT2D eigenvalue weighted by Crippen LogP contribution is -2.41. The Labute approximate surface area is 146 Å². The van der Waals surface area contributed by atoms with Gasteiger partial charge in [0.1, 0.15) is 5.69 Å². The number of rotatable bonds is 3. The summed E-state index contributed by atoms with van der Waals surface area (Å²) in [5.41, 5.74) is 3.41. The molecule has 0 bridgehead atoms. The topological polar surface area (TPSA) is 63.9 Å². The standard InChI is InChI=1S/C19H21N5O/c1-14-9-21-17(10-20-14)19(25)23-8-4-5-15(11-23)12-24-13-22-16-6-2-3-7-18(16)24/h2-3,6-7,9-10,13,15H,4-5,8,11-12H2,1H3. The quantitative estimate of drug-likeness (QED) is 0.738. The minimum Gasteiger partial charge on any atom is -0.337 e. The Kier molecular flexibility index (Phi) is 4.17. The Balaban J connectivity index is 1.47. The van der Waals surface area contributed by atoms with Crippen LogP contribution in [0.1, 0.15) is 29.0 Å². The molecule has 0 aliphatic carbocycles. The van der Waals surface area contributed by atoms with Crippen molar-refractivity contribution in [1.29, 1.82) is 0 Å². The molecule has 6 heteroatoms. The van der Waals surface area contributed by atoms with Gasteiger partial charge >= 0.3 is 0 Å². The third-order valence-corrected chi connectivity index (χ3v) is 4.79. The van der Waals surface area contributed by atoms with Gasteiger partial charge in [0.05, 0.1) is 29.3 Å². The van der Waals surface area contributed by atoms with Crippen LogP contribution in [-0.2, 0) is 6.54 Å². The van der Waals surface area contributed by atoms with E-state index >= 15 is 0 Å². The molecule has 1 aliphatic heterocycles. The monoisotopic (exact) mass is 335 g/mol. The van der Waals surface area contributed by atoms with Gasteiger partial charge < -0.3 is 9.47 Å².